The highest BCUT2D eigenvalue weighted by Crippen LogP contribution is 2.30. The normalized spacial score (nSPS) is 14.7. The molecule has 0 aliphatic carbocycles. The molecule has 3 heteroatoms. The van der Waals surface area contributed by atoms with Gasteiger partial charge in [-0.05, 0) is 6.07 Å². The average Bonchev–Trinajstić information content (AvgIpc) is 2.34. The summed E-state index contributed by atoms with van der Waals surface area (Å²) in [4.78, 5) is 5.98. The third kappa shape index (κ3) is 0.635. The molecule has 0 N–H and O–H groups in total. The summed E-state index contributed by atoms with van der Waals surface area (Å²) in [5.74, 6) is 0.880. The first-order valence-corrected chi connectivity index (χ1v) is 3.16. The van der Waals surface area contributed by atoms with Crippen LogP contribution < -0.4 is 9.64 Å². The highest BCUT2D eigenvalue weighted by Gasteiger charge is 2.15. The van der Waals surface area contributed by atoms with Crippen LogP contribution in [0.5, 0.6) is 5.75 Å². The Kier molecular flexibility index (Phi) is 1.03. The monoisotopic (exact) mass is 136 g/mol. The number of aromatic nitrogens is 1. The molecule has 2 rings (SSSR count). The van der Waals surface area contributed by atoms with Crippen molar-refractivity contribution in [2.75, 3.05) is 18.7 Å². The molecule has 0 unspecified atom stereocenters. The maximum Gasteiger partial charge on any atom is 0.163 e. The Hall–Kier alpha value is -1.25. The number of pyridine rings is 1. The lowest BCUT2D eigenvalue weighted by Gasteiger charge is -2.05. The number of ether oxygens (including phenoxy) is 1. The van der Waals surface area contributed by atoms with Gasteiger partial charge in [-0.15, -0.1) is 0 Å². The standard InChI is InChI=1S/C7H8N2O/c1-9-5-10-7-4-8-3-2-6(7)9/h2-4H,5H2,1H3. The summed E-state index contributed by atoms with van der Waals surface area (Å²) in [5.41, 5.74) is 1.12. The van der Waals surface area contributed by atoms with Gasteiger partial charge in [-0.25, -0.2) is 0 Å². The van der Waals surface area contributed by atoms with Crippen molar-refractivity contribution in [1.82, 2.24) is 4.98 Å². The minimum absolute atomic E-state index is 0.640. The van der Waals surface area contributed by atoms with Crippen LogP contribution in [0.2, 0.25) is 0 Å². The highest BCUT2D eigenvalue weighted by atomic mass is 16.5. The van der Waals surface area contributed by atoms with E-state index in [-0.39, 0.29) is 0 Å². The summed E-state index contributed by atoms with van der Waals surface area (Å²) in [6.07, 6.45) is 3.50. The lowest BCUT2D eigenvalue weighted by atomic mass is 10.4. The highest BCUT2D eigenvalue weighted by molar-refractivity contribution is 5.58. The van der Waals surface area contributed by atoms with Gasteiger partial charge < -0.3 is 9.64 Å². The van der Waals surface area contributed by atoms with E-state index in [1.165, 1.54) is 0 Å². The first-order valence-electron chi connectivity index (χ1n) is 3.16. The van der Waals surface area contributed by atoms with Crippen molar-refractivity contribution in [2.24, 2.45) is 0 Å². The van der Waals surface area contributed by atoms with Crippen molar-refractivity contribution >= 4 is 5.69 Å². The van der Waals surface area contributed by atoms with E-state index in [9.17, 15) is 0 Å². The summed E-state index contributed by atoms with van der Waals surface area (Å²) in [6.45, 7) is 0.640. The molecule has 0 bridgehead atoms. The summed E-state index contributed by atoms with van der Waals surface area (Å²) in [5, 5.41) is 0. The fourth-order valence-electron chi connectivity index (χ4n) is 1.04. The third-order valence-electron chi connectivity index (χ3n) is 1.59. The second-order valence-corrected chi connectivity index (χ2v) is 2.31. The summed E-state index contributed by atoms with van der Waals surface area (Å²) >= 11 is 0. The van der Waals surface area contributed by atoms with Gasteiger partial charge >= 0.3 is 0 Å². The molecule has 0 atom stereocenters. The second-order valence-electron chi connectivity index (χ2n) is 2.31. The Balaban J connectivity index is 2.51. The lowest BCUT2D eigenvalue weighted by molar-refractivity contribution is 0.352. The molecule has 2 heterocycles. The predicted octanol–water partition coefficient (Wildman–Crippen LogP) is 0.868. The van der Waals surface area contributed by atoms with Crippen LogP contribution in [0.1, 0.15) is 0 Å². The number of anilines is 1. The van der Waals surface area contributed by atoms with E-state index in [1.807, 2.05) is 18.0 Å². The molecule has 1 aromatic rings. The molecule has 0 aromatic carbocycles. The summed E-state index contributed by atoms with van der Waals surface area (Å²) < 4.78 is 5.27. The van der Waals surface area contributed by atoms with Crippen molar-refractivity contribution in [3.63, 3.8) is 0 Å². The van der Waals surface area contributed by atoms with Crippen LogP contribution in [-0.4, -0.2) is 18.8 Å². The molecule has 1 aliphatic rings. The molecule has 0 amide bonds. The first kappa shape index (κ1) is 5.53. The Bertz CT molecular complexity index is 249. The molecule has 0 fully saturated rings. The van der Waals surface area contributed by atoms with Crippen molar-refractivity contribution < 1.29 is 4.74 Å². The van der Waals surface area contributed by atoms with Crippen molar-refractivity contribution in [3.8, 4) is 5.75 Å². The number of fused-ring (bicyclic) bond motifs is 1. The van der Waals surface area contributed by atoms with Crippen LogP contribution in [0.4, 0.5) is 5.69 Å². The van der Waals surface area contributed by atoms with Crippen LogP contribution in [0.25, 0.3) is 0 Å². The van der Waals surface area contributed by atoms with Gasteiger partial charge in [0, 0.05) is 13.2 Å². The molecular formula is C7H8N2O. The number of rotatable bonds is 0. The first-order chi connectivity index (χ1) is 4.88. The molecule has 0 radical (unpaired) electrons. The minimum Gasteiger partial charge on any atom is -0.469 e. The number of nitrogens with zero attached hydrogens (tertiary/aromatic N) is 2. The fraction of sp³-hybridized carbons (Fsp3) is 0.286. The molecular weight excluding hydrogens is 128 g/mol. The van der Waals surface area contributed by atoms with Crippen LogP contribution in [0, 0.1) is 0 Å². The van der Waals surface area contributed by atoms with Gasteiger partial charge in [0.05, 0.1) is 11.9 Å². The van der Waals surface area contributed by atoms with Gasteiger partial charge in [0.25, 0.3) is 0 Å². The maximum atomic E-state index is 5.27. The van der Waals surface area contributed by atoms with Gasteiger partial charge in [0.15, 0.2) is 12.5 Å². The van der Waals surface area contributed by atoms with E-state index in [2.05, 4.69) is 4.98 Å². The van der Waals surface area contributed by atoms with E-state index >= 15 is 0 Å². The molecule has 1 aliphatic heterocycles. The van der Waals surface area contributed by atoms with Gasteiger partial charge in [-0.1, -0.05) is 0 Å². The predicted molar refractivity (Wildman–Crippen MR) is 38.1 cm³/mol. The molecule has 52 valence electrons. The van der Waals surface area contributed by atoms with Crippen molar-refractivity contribution in [2.45, 2.75) is 0 Å². The van der Waals surface area contributed by atoms with E-state index in [1.54, 1.807) is 12.4 Å². The Morgan fingerprint density at radius 3 is 3.40 bits per heavy atom. The third-order valence-corrected chi connectivity index (χ3v) is 1.59. The second kappa shape index (κ2) is 1.87. The molecule has 0 saturated carbocycles. The fourth-order valence-corrected chi connectivity index (χ4v) is 1.04. The Morgan fingerprint density at radius 1 is 1.70 bits per heavy atom. The maximum absolute atomic E-state index is 5.27. The zero-order chi connectivity index (χ0) is 6.97. The van der Waals surface area contributed by atoms with Crippen molar-refractivity contribution in [1.29, 1.82) is 0 Å². The van der Waals surface area contributed by atoms with Crippen LogP contribution >= 0.6 is 0 Å². The van der Waals surface area contributed by atoms with E-state index in [0.29, 0.717) is 6.73 Å². The Morgan fingerprint density at radius 2 is 2.60 bits per heavy atom. The van der Waals surface area contributed by atoms with Gasteiger partial charge in [0.2, 0.25) is 0 Å². The van der Waals surface area contributed by atoms with E-state index < -0.39 is 0 Å². The van der Waals surface area contributed by atoms with Crippen molar-refractivity contribution in [3.05, 3.63) is 18.5 Å². The number of hydrogen-bond donors (Lipinski definition) is 0. The Labute approximate surface area is 59.2 Å². The zero-order valence-corrected chi connectivity index (χ0v) is 5.74. The molecule has 0 saturated heterocycles. The summed E-state index contributed by atoms with van der Waals surface area (Å²) in [7, 11) is 1.99. The molecule has 10 heavy (non-hydrogen) atoms. The van der Waals surface area contributed by atoms with Crippen LogP contribution in [0.3, 0.4) is 0 Å². The molecule has 3 nitrogen and oxygen atoms in total. The molecule has 1 aromatic heterocycles. The average molecular weight is 136 g/mol. The largest absolute Gasteiger partial charge is 0.469 e. The summed E-state index contributed by atoms with van der Waals surface area (Å²) in [6, 6.07) is 1.95. The van der Waals surface area contributed by atoms with Gasteiger partial charge in [-0.2, -0.15) is 0 Å². The smallest absolute Gasteiger partial charge is 0.163 e. The van der Waals surface area contributed by atoms with Gasteiger partial charge in [-0.3, -0.25) is 4.98 Å². The van der Waals surface area contributed by atoms with Crippen LogP contribution in [0.15, 0.2) is 18.5 Å². The molecule has 0 spiro atoms. The lowest BCUT2D eigenvalue weighted by Crippen LogP contribution is -2.14. The van der Waals surface area contributed by atoms with E-state index in [0.717, 1.165) is 11.4 Å². The number of hydrogen-bond acceptors (Lipinski definition) is 3. The zero-order valence-electron chi connectivity index (χ0n) is 5.74. The quantitative estimate of drug-likeness (QED) is 0.529. The topological polar surface area (TPSA) is 25.4 Å². The van der Waals surface area contributed by atoms with Crippen LogP contribution in [-0.2, 0) is 0 Å². The van der Waals surface area contributed by atoms with Gasteiger partial charge in [0.1, 0.15) is 0 Å². The minimum atomic E-state index is 0.640. The SMILES string of the molecule is CN1COc2cnccc21. The van der Waals surface area contributed by atoms with E-state index in [4.69, 9.17) is 4.74 Å².